The third-order valence-electron chi connectivity index (χ3n) is 4.78. The largest absolute Gasteiger partial charge is 0.393 e. The average Bonchev–Trinajstić information content (AvgIpc) is 3.35. The lowest BCUT2D eigenvalue weighted by molar-refractivity contribution is 0.186. The summed E-state index contributed by atoms with van der Waals surface area (Å²) in [5.41, 5.74) is 8.27. The number of aromatic amines is 1. The Bertz CT molecular complexity index is 1120. The van der Waals surface area contributed by atoms with Crippen molar-refractivity contribution in [2.24, 2.45) is 12.8 Å². The summed E-state index contributed by atoms with van der Waals surface area (Å²) in [6.45, 7) is 7.79. The number of pyridine rings is 1. The van der Waals surface area contributed by atoms with Gasteiger partial charge in [-0.3, -0.25) is 4.68 Å². The summed E-state index contributed by atoms with van der Waals surface area (Å²) in [5.74, 6) is 1.38. The summed E-state index contributed by atoms with van der Waals surface area (Å²) in [7, 11) is 1.86. The molecule has 166 valence electrons. The van der Waals surface area contributed by atoms with Gasteiger partial charge in [0.1, 0.15) is 11.5 Å². The van der Waals surface area contributed by atoms with Crippen molar-refractivity contribution < 1.29 is 5.11 Å². The number of aromatic nitrogens is 6. The first kappa shape index (κ1) is 22.6. The van der Waals surface area contributed by atoms with Crippen molar-refractivity contribution in [2.45, 2.75) is 39.7 Å². The molecule has 4 aromatic heterocycles. The van der Waals surface area contributed by atoms with Crippen molar-refractivity contribution >= 4 is 27.9 Å². The Morgan fingerprint density at radius 3 is 2.71 bits per heavy atom. The Hall–Kier alpha value is -3.04. The van der Waals surface area contributed by atoms with E-state index in [0.29, 0.717) is 31.9 Å². The first-order valence-electron chi connectivity index (χ1n) is 10.7. The van der Waals surface area contributed by atoms with E-state index < -0.39 is 6.10 Å². The predicted molar refractivity (Wildman–Crippen MR) is 125 cm³/mol. The van der Waals surface area contributed by atoms with Crippen LogP contribution >= 0.6 is 0 Å². The van der Waals surface area contributed by atoms with Crippen molar-refractivity contribution in [1.82, 2.24) is 29.7 Å². The fraction of sp³-hybridized carbons (Fsp3) is 0.455. The van der Waals surface area contributed by atoms with Crippen molar-refractivity contribution in [1.29, 1.82) is 0 Å². The number of nitrogens with one attached hydrogen (secondary N) is 1. The maximum atomic E-state index is 9.74. The number of fused-ring (bicyclic) bond motifs is 2. The number of hydrogen-bond donors (Lipinski definition) is 3. The van der Waals surface area contributed by atoms with E-state index in [0.717, 1.165) is 33.4 Å². The lowest BCUT2D eigenvalue weighted by Gasteiger charge is -2.24. The molecule has 4 heterocycles. The van der Waals surface area contributed by atoms with Crippen molar-refractivity contribution in [3.63, 3.8) is 0 Å². The van der Waals surface area contributed by atoms with Gasteiger partial charge in [0.05, 0.1) is 17.7 Å². The van der Waals surface area contributed by atoms with Crippen LogP contribution in [0.4, 0.5) is 5.82 Å². The second-order valence-electron chi connectivity index (χ2n) is 7.60. The normalized spacial score (nSPS) is 12.1. The van der Waals surface area contributed by atoms with Gasteiger partial charge in [0, 0.05) is 50.0 Å². The maximum absolute atomic E-state index is 9.74. The molecule has 0 radical (unpaired) electrons. The molecule has 0 aliphatic heterocycles. The van der Waals surface area contributed by atoms with Crippen LogP contribution in [0, 0.1) is 0 Å². The highest BCUT2D eigenvalue weighted by Gasteiger charge is 2.19. The second kappa shape index (κ2) is 10.3. The highest BCUT2D eigenvalue weighted by molar-refractivity contribution is 5.94. The van der Waals surface area contributed by atoms with E-state index in [4.69, 9.17) is 15.7 Å². The molecule has 4 N–H and O–H groups in total. The summed E-state index contributed by atoms with van der Waals surface area (Å²) in [5, 5.41) is 15.9. The number of nitrogens with two attached hydrogens (primary N) is 1. The minimum Gasteiger partial charge on any atom is -0.393 e. The van der Waals surface area contributed by atoms with Gasteiger partial charge < -0.3 is 20.7 Å². The molecular weight excluding hydrogens is 392 g/mol. The number of aliphatic hydroxyl groups is 1. The standard InChI is InChI=1S/C19H24N8O.C3H8/c1-12(28)5-8-27(9-6-20)19-15-11-23-26(2)18(15)24-17(25-19)14-10-22-16-13(14)4-3-7-21-16;1-3-2/h3-4,7,10-12,28H,5-6,8-9,20H2,1-2H3,(H,21,22);3H2,1-2H3. The average molecular weight is 425 g/mol. The van der Waals surface area contributed by atoms with Crippen LogP contribution in [-0.2, 0) is 7.05 Å². The van der Waals surface area contributed by atoms with Gasteiger partial charge >= 0.3 is 0 Å². The van der Waals surface area contributed by atoms with Crippen LogP contribution in [0.5, 0.6) is 0 Å². The van der Waals surface area contributed by atoms with E-state index in [1.807, 2.05) is 25.4 Å². The van der Waals surface area contributed by atoms with E-state index in [9.17, 15) is 5.11 Å². The van der Waals surface area contributed by atoms with Gasteiger partial charge in [-0.25, -0.2) is 15.0 Å². The minimum absolute atomic E-state index is 0.398. The van der Waals surface area contributed by atoms with E-state index >= 15 is 0 Å². The number of anilines is 1. The summed E-state index contributed by atoms with van der Waals surface area (Å²) in [4.78, 5) is 19.3. The zero-order valence-electron chi connectivity index (χ0n) is 18.7. The molecule has 0 bridgehead atoms. The zero-order valence-corrected chi connectivity index (χ0v) is 18.7. The molecule has 0 amide bonds. The van der Waals surface area contributed by atoms with Crippen molar-refractivity contribution in [2.75, 3.05) is 24.5 Å². The van der Waals surface area contributed by atoms with E-state index in [2.05, 4.69) is 33.8 Å². The van der Waals surface area contributed by atoms with Gasteiger partial charge in [0.15, 0.2) is 11.5 Å². The van der Waals surface area contributed by atoms with Crippen molar-refractivity contribution in [3.8, 4) is 11.4 Å². The molecular formula is C22H32N8O. The molecule has 0 aliphatic carbocycles. The molecule has 4 rings (SSSR count). The van der Waals surface area contributed by atoms with Gasteiger partial charge in [0.25, 0.3) is 0 Å². The summed E-state index contributed by atoms with van der Waals surface area (Å²) in [6.07, 6.45) is 6.88. The molecule has 0 aliphatic rings. The lowest BCUT2D eigenvalue weighted by Crippen LogP contribution is -2.32. The molecule has 1 atom stereocenters. The molecule has 9 heteroatoms. The number of H-pyrrole nitrogens is 1. The first-order chi connectivity index (χ1) is 15.0. The van der Waals surface area contributed by atoms with Crippen LogP contribution in [0.1, 0.15) is 33.6 Å². The SMILES string of the molecule is CC(O)CCN(CCN)c1nc(-c2c[nH]c3ncccc23)nc2c1cnn2C.CCC. The van der Waals surface area contributed by atoms with Gasteiger partial charge in [-0.1, -0.05) is 20.3 Å². The third-order valence-corrected chi connectivity index (χ3v) is 4.78. The Labute approximate surface area is 182 Å². The van der Waals surface area contributed by atoms with Gasteiger partial charge in [-0.05, 0) is 25.5 Å². The highest BCUT2D eigenvalue weighted by atomic mass is 16.3. The first-order valence-corrected chi connectivity index (χ1v) is 10.7. The van der Waals surface area contributed by atoms with Gasteiger partial charge in [0.2, 0.25) is 0 Å². The molecule has 4 aromatic rings. The smallest absolute Gasteiger partial charge is 0.166 e. The van der Waals surface area contributed by atoms with Gasteiger partial charge in [-0.2, -0.15) is 5.10 Å². The quantitative estimate of drug-likeness (QED) is 0.417. The zero-order chi connectivity index (χ0) is 22.4. The van der Waals surface area contributed by atoms with E-state index in [-0.39, 0.29) is 0 Å². The van der Waals surface area contributed by atoms with Crippen LogP contribution in [0.25, 0.3) is 33.5 Å². The van der Waals surface area contributed by atoms with E-state index in [1.165, 1.54) is 6.42 Å². The minimum atomic E-state index is -0.398. The Morgan fingerprint density at radius 2 is 2.00 bits per heavy atom. The topological polar surface area (TPSA) is 122 Å². The molecule has 0 spiro atoms. The summed E-state index contributed by atoms with van der Waals surface area (Å²) < 4.78 is 1.74. The summed E-state index contributed by atoms with van der Waals surface area (Å²) >= 11 is 0. The maximum Gasteiger partial charge on any atom is 0.166 e. The molecule has 0 fully saturated rings. The lowest BCUT2D eigenvalue weighted by atomic mass is 10.2. The second-order valence-corrected chi connectivity index (χ2v) is 7.60. The fourth-order valence-corrected chi connectivity index (χ4v) is 3.33. The van der Waals surface area contributed by atoms with Gasteiger partial charge in [-0.15, -0.1) is 0 Å². The predicted octanol–water partition coefficient (Wildman–Crippen LogP) is 2.86. The number of aliphatic hydroxyl groups excluding tert-OH is 1. The molecule has 31 heavy (non-hydrogen) atoms. The highest BCUT2D eigenvalue weighted by Crippen LogP contribution is 2.30. The van der Waals surface area contributed by atoms with Crippen LogP contribution in [0.15, 0.2) is 30.7 Å². The Morgan fingerprint density at radius 1 is 1.23 bits per heavy atom. The number of rotatable bonds is 7. The Balaban J connectivity index is 0.000000858. The number of nitrogens with zero attached hydrogens (tertiary/aromatic N) is 6. The molecule has 9 nitrogen and oxygen atoms in total. The van der Waals surface area contributed by atoms with Crippen LogP contribution < -0.4 is 10.6 Å². The molecule has 1 unspecified atom stereocenters. The molecule has 0 aromatic carbocycles. The summed E-state index contributed by atoms with van der Waals surface area (Å²) in [6, 6.07) is 3.89. The van der Waals surface area contributed by atoms with Crippen molar-refractivity contribution in [3.05, 3.63) is 30.7 Å². The number of aryl methyl sites for hydroxylation is 1. The molecule has 0 saturated carbocycles. The third kappa shape index (κ3) is 5.00. The van der Waals surface area contributed by atoms with E-state index in [1.54, 1.807) is 24.0 Å². The van der Waals surface area contributed by atoms with Crippen LogP contribution in [-0.4, -0.2) is 60.6 Å². The van der Waals surface area contributed by atoms with Crippen LogP contribution in [0.2, 0.25) is 0 Å². The Kier molecular flexibility index (Phi) is 7.54. The van der Waals surface area contributed by atoms with Crippen LogP contribution in [0.3, 0.4) is 0 Å². The monoisotopic (exact) mass is 424 g/mol. The number of hydrogen-bond acceptors (Lipinski definition) is 7. The fourth-order valence-electron chi connectivity index (χ4n) is 3.33. The molecule has 0 saturated heterocycles.